The van der Waals surface area contributed by atoms with Crippen LogP contribution in [0.25, 0.3) is 10.9 Å². The van der Waals surface area contributed by atoms with E-state index in [9.17, 15) is 0 Å². The highest BCUT2D eigenvalue weighted by Crippen LogP contribution is 2.30. The van der Waals surface area contributed by atoms with Gasteiger partial charge in [0.1, 0.15) is 11.9 Å². The van der Waals surface area contributed by atoms with Crippen molar-refractivity contribution in [2.24, 2.45) is 0 Å². The van der Waals surface area contributed by atoms with Crippen LogP contribution in [0.2, 0.25) is 0 Å². The number of nitrogens with zero attached hydrogens (tertiary/aromatic N) is 1. The molecule has 2 heterocycles. The van der Waals surface area contributed by atoms with Crippen molar-refractivity contribution in [3.63, 3.8) is 0 Å². The average Bonchev–Trinajstić information content (AvgIpc) is 3.12. The summed E-state index contributed by atoms with van der Waals surface area (Å²) in [5.74, 6) is 1.01. The number of nitrogens with one attached hydrogen (secondary N) is 2. The van der Waals surface area contributed by atoms with Crippen molar-refractivity contribution in [1.29, 1.82) is 0 Å². The maximum Gasteiger partial charge on any atom is 0.123 e. The Balaban J connectivity index is 1.34. The molecule has 1 aromatic heterocycles. The summed E-state index contributed by atoms with van der Waals surface area (Å²) in [4.78, 5) is 0. The van der Waals surface area contributed by atoms with Crippen molar-refractivity contribution in [3.8, 4) is 5.75 Å². The molecule has 2 N–H and O–H groups in total. The molecule has 0 fully saturated rings. The fourth-order valence-corrected chi connectivity index (χ4v) is 3.28. The Morgan fingerprint density at radius 2 is 2.23 bits per heavy atom. The summed E-state index contributed by atoms with van der Waals surface area (Å²) in [5, 5.41) is 11.7. The Labute approximate surface area is 137 Å². The number of H-pyrrole nitrogens is 1. The van der Waals surface area contributed by atoms with Gasteiger partial charge >= 0.3 is 0 Å². The van der Waals surface area contributed by atoms with Crippen molar-refractivity contribution in [3.05, 3.63) is 58.2 Å². The quantitative estimate of drug-likeness (QED) is 0.752. The van der Waals surface area contributed by atoms with E-state index in [1.54, 1.807) is 0 Å². The zero-order valence-electron chi connectivity index (χ0n) is 12.0. The lowest BCUT2D eigenvalue weighted by molar-refractivity contribution is 0.227. The van der Waals surface area contributed by atoms with Crippen LogP contribution in [0, 0.1) is 0 Å². The van der Waals surface area contributed by atoms with Crippen LogP contribution >= 0.6 is 15.9 Å². The summed E-state index contributed by atoms with van der Waals surface area (Å²) in [6.45, 7) is 1.67. The standard InChI is InChI=1S/C17H16BrN3O/c18-14-3-4-17-13(6-14)7-15(22-17)10-19-8-11-1-2-12-9-20-21-16(12)5-11/h1-6,9,15,19H,7-8,10H2,(H,20,21). The second kappa shape index (κ2) is 5.74. The van der Waals surface area contributed by atoms with Crippen LogP contribution in [0.4, 0.5) is 0 Å². The first kappa shape index (κ1) is 13.8. The fourth-order valence-electron chi connectivity index (χ4n) is 2.87. The van der Waals surface area contributed by atoms with Crippen molar-refractivity contribution in [2.75, 3.05) is 6.54 Å². The predicted octanol–water partition coefficient (Wildman–Crippen LogP) is 3.42. The van der Waals surface area contributed by atoms with Gasteiger partial charge in [-0.1, -0.05) is 28.1 Å². The first-order chi connectivity index (χ1) is 10.8. The SMILES string of the molecule is Brc1ccc2c(c1)CC(CNCc1ccc3cn[nH]c3c1)O2. The number of halogens is 1. The van der Waals surface area contributed by atoms with Crippen molar-refractivity contribution < 1.29 is 4.74 Å². The topological polar surface area (TPSA) is 49.9 Å². The Kier molecular flexibility index (Phi) is 3.60. The number of fused-ring (bicyclic) bond motifs is 2. The minimum atomic E-state index is 0.209. The molecule has 0 spiro atoms. The van der Waals surface area contributed by atoms with Gasteiger partial charge in [0, 0.05) is 29.4 Å². The van der Waals surface area contributed by atoms with E-state index >= 15 is 0 Å². The summed E-state index contributed by atoms with van der Waals surface area (Å²) in [5.41, 5.74) is 3.60. The molecule has 0 radical (unpaired) electrons. The third kappa shape index (κ3) is 2.74. The molecule has 0 amide bonds. The molecule has 1 unspecified atom stereocenters. The van der Waals surface area contributed by atoms with E-state index in [2.05, 4.69) is 55.7 Å². The number of aromatic nitrogens is 2. The molecular formula is C17H16BrN3O. The number of hydrogen-bond acceptors (Lipinski definition) is 3. The van der Waals surface area contributed by atoms with Crippen molar-refractivity contribution >= 4 is 26.8 Å². The Morgan fingerprint density at radius 3 is 3.18 bits per heavy atom. The zero-order valence-corrected chi connectivity index (χ0v) is 13.6. The molecule has 1 aliphatic heterocycles. The highest BCUT2D eigenvalue weighted by molar-refractivity contribution is 9.10. The largest absolute Gasteiger partial charge is 0.488 e. The summed E-state index contributed by atoms with van der Waals surface area (Å²) in [6.07, 6.45) is 3.01. The van der Waals surface area contributed by atoms with Gasteiger partial charge in [-0.3, -0.25) is 5.10 Å². The second-order valence-corrected chi connectivity index (χ2v) is 6.53. The minimum absolute atomic E-state index is 0.209. The fraction of sp³-hybridized carbons (Fsp3) is 0.235. The van der Waals surface area contributed by atoms with E-state index < -0.39 is 0 Å². The number of rotatable bonds is 4. The van der Waals surface area contributed by atoms with E-state index in [0.29, 0.717) is 0 Å². The molecule has 4 nitrogen and oxygen atoms in total. The maximum absolute atomic E-state index is 5.96. The lowest BCUT2D eigenvalue weighted by Crippen LogP contribution is -2.29. The van der Waals surface area contributed by atoms with E-state index in [0.717, 1.165) is 40.6 Å². The van der Waals surface area contributed by atoms with E-state index in [1.807, 2.05) is 18.3 Å². The van der Waals surface area contributed by atoms with Crippen LogP contribution in [0.3, 0.4) is 0 Å². The molecule has 22 heavy (non-hydrogen) atoms. The molecule has 4 rings (SSSR count). The predicted molar refractivity (Wildman–Crippen MR) is 90.1 cm³/mol. The monoisotopic (exact) mass is 357 g/mol. The van der Waals surface area contributed by atoms with Gasteiger partial charge in [-0.2, -0.15) is 5.10 Å². The number of ether oxygens (including phenoxy) is 1. The Hall–Kier alpha value is -1.85. The molecule has 3 aromatic rings. The van der Waals surface area contributed by atoms with Crippen LogP contribution in [0.5, 0.6) is 5.75 Å². The second-order valence-electron chi connectivity index (χ2n) is 5.62. The van der Waals surface area contributed by atoms with Crippen LogP contribution in [0.15, 0.2) is 47.1 Å². The highest BCUT2D eigenvalue weighted by atomic mass is 79.9. The first-order valence-electron chi connectivity index (χ1n) is 7.36. The molecule has 0 bridgehead atoms. The molecule has 0 saturated carbocycles. The smallest absolute Gasteiger partial charge is 0.123 e. The van der Waals surface area contributed by atoms with Crippen molar-refractivity contribution in [1.82, 2.24) is 15.5 Å². The van der Waals surface area contributed by atoms with Gasteiger partial charge in [-0.25, -0.2) is 0 Å². The molecule has 0 saturated heterocycles. The minimum Gasteiger partial charge on any atom is -0.488 e. The summed E-state index contributed by atoms with van der Waals surface area (Å²) < 4.78 is 7.07. The molecule has 112 valence electrons. The van der Waals surface area contributed by atoms with Gasteiger partial charge in [-0.05, 0) is 35.4 Å². The molecule has 5 heteroatoms. The first-order valence-corrected chi connectivity index (χ1v) is 8.15. The van der Waals surface area contributed by atoms with Gasteiger partial charge in [0.15, 0.2) is 0 Å². The number of hydrogen-bond donors (Lipinski definition) is 2. The lowest BCUT2D eigenvalue weighted by atomic mass is 10.1. The van der Waals surface area contributed by atoms with Crippen LogP contribution in [-0.4, -0.2) is 22.8 Å². The normalized spacial score (nSPS) is 16.7. The van der Waals surface area contributed by atoms with Crippen molar-refractivity contribution in [2.45, 2.75) is 19.1 Å². The van der Waals surface area contributed by atoms with Gasteiger partial charge in [0.25, 0.3) is 0 Å². The molecular weight excluding hydrogens is 342 g/mol. The van der Waals surface area contributed by atoms with E-state index in [-0.39, 0.29) is 6.10 Å². The molecule has 1 atom stereocenters. The third-order valence-corrected chi connectivity index (χ3v) is 4.46. The molecule has 0 aliphatic carbocycles. The number of benzene rings is 2. The van der Waals surface area contributed by atoms with Gasteiger partial charge in [-0.15, -0.1) is 0 Å². The van der Waals surface area contributed by atoms with Crippen LogP contribution in [-0.2, 0) is 13.0 Å². The van der Waals surface area contributed by atoms with Crippen LogP contribution in [0.1, 0.15) is 11.1 Å². The molecule has 1 aliphatic rings. The lowest BCUT2D eigenvalue weighted by Gasteiger charge is -2.12. The third-order valence-electron chi connectivity index (χ3n) is 3.97. The highest BCUT2D eigenvalue weighted by Gasteiger charge is 2.22. The van der Waals surface area contributed by atoms with E-state index in [1.165, 1.54) is 11.1 Å². The van der Waals surface area contributed by atoms with E-state index in [4.69, 9.17) is 4.74 Å². The van der Waals surface area contributed by atoms with Gasteiger partial charge in [0.2, 0.25) is 0 Å². The molecule has 2 aromatic carbocycles. The average molecular weight is 358 g/mol. The number of aromatic amines is 1. The van der Waals surface area contributed by atoms with Gasteiger partial charge in [0.05, 0.1) is 11.7 Å². The summed E-state index contributed by atoms with van der Waals surface area (Å²) in [7, 11) is 0. The summed E-state index contributed by atoms with van der Waals surface area (Å²) in [6, 6.07) is 12.6. The Morgan fingerprint density at radius 1 is 1.27 bits per heavy atom. The zero-order chi connectivity index (χ0) is 14.9. The van der Waals surface area contributed by atoms with Gasteiger partial charge < -0.3 is 10.1 Å². The maximum atomic E-state index is 5.96. The summed E-state index contributed by atoms with van der Waals surface area (Å²) >= 11 is 3.51. The van der Waals surface area contributed by atoms with Crippen LogP contribution < -0.4 is 10.1 Å². The Bertz CT molecular complexity index is 815.